The van der Waals surface area contributed by atoms with E-state index in [2.05, 4.69) is 26.0 Å². The lowest BCUT2D eigenvalue weighted by atomic mass is 10.3. The Kier molecular flexibility index (Phi) is 5.51. The van der Waals surface area contributed by atoms with Crippen molar-refractivity contribution in [2.24, 2.45) is 0 Å². The van der Waals surface area contributed by atoms with E-state index >= 15 is 0 Å². The summed E-state index contributed by atoms with van der Waals surface area (Å²) >= 11 is 3.11. The predicted molar refractivity (Wildman–Crippen MR) is 67.8 cm³/mol. The fraction of sp³-hybridized carbons (Fsp3) is 0.400. The van der Waals surface area contributed by atoms with Crippen molar-refractivity contribution in [1.29, 1.82) is 0 Å². The highest BCUT2D eigenvalue weighted by molar-refractivity contribution is 9.10. The van der Waals surface area contributed by atoms with E-state index in [0.717, 1.165) is 6.07 Å². The molecule has 1 aromatic carbocycles. The first kappa shape index (κ1) is 14.6. The minimum Gasteiger partial charge on any atom is -0.320 e. The number of nitrogens with one attached hydrogen (secondary N) is 2. The fourth-order valence-corrected chi connectivity index (χ4v) is 2.92. The summed E-state index contributed by atoms with van der Waals surface area (Å²) in [5, 5.41) is 2.90. The Hall–Kier alpha value is -0.500. The van der Waals surface area contributed by atoms with E-state index in [-0.39, 0.29) is 11.4 Å². The predicted octanol–water partition coefficient (Wildman–Crippen LogP) is 1.48. The molecule has 17 heavy (non-hydrogen) atoms. The van der Waals surface area contributed by atoms with Crippen LogP contribution in [-0.4, -0.2) is 28.6 Å². The molecule has 0 aromatic heterocycles. The van der Waals surface area contributed by atoms with Crippen molar-refractivity contribution in [3.63, 3.8) is 0 Å². The summed E-state index contributed by atoms with van der Waals surface area (Å²) in [6.45, 7) is 0.971. The van der Waals surface area contributed by atoms with Crippen LogP contribution in [0.2, 0.25) is 0 Å². The second-order valence-electron chi connectivity index (χ2n) is 3.43. The molecule has 0 saturated heterocycles. The van der Waals surface area contributed by atoms with Gasteiger partial charge in [-0.2, -0.15) is 0 Å². The van der Waals surface area contributed by atoms with Crippen molar-refractivity contribution in [1.82, 2.24) is 10.0 Å². The van der Waals surface area contributed by atoms with Crippen LogP contribution in [-0.2, 0) is 10.0 Å². The molecule has 0 amide bonds. The third kappa shape index (κ3) is 4.34. The van der Waals surface area contributed by atoms with Gasteiger partial charge in [0.2, 0.25) is 10.0 Å². The Morgan fingerprint density at radius 1 is 1.35 bits per heavy atom. The zero-order valence-electron chi connectivity index (χ0n) is 9.33. The lowest BCUT2D eigenvalue weighted by Crippen LogP contribution is -2.27. The normalized spacial score (nSPS) is 11.7. The van der Waals surface area contributed by atoms with Gasteiger partial charge < -0.3 is 5.32 Å². The first-order valence-electron chi connectivity index (χ1n) is 5.06. The lowest BCUT2D eigenvalue weighted by molar-refractivity contribution is 0.554. The van der Waals surface area contributed by atoms with Crippen molar-refractivity contribution in [3.8, 4) is 0 Å². The summed E-state index contributed by atoms with van der Waals surface area (Å²) in [5.41, 5.74) is 0. The second-order valence-corrected chi connectivity index (χ2v) is 6.08. The van der Waals surface area contributed by atoms with Gasteiger partial charge in [-0.25, -0.2) is 17.5 Å². The molecule has 0 saturated carbocycles. The Bertz CT molecular complexity index is 479. The average Bonchev–Trinajstić information content (AvgIpc) is 2.28. The Labute approximate surface area is 109 Å². The largest absolute Gasteiger partial charge is 0.320 e. The first-order chi connectivity index (χ1) is 7.97. The number of sulfonamides is 1. The lowest BCUT2D eigenvalue weighted by Gasteiger charge is -2.07. The van der Waals surface area contributed by atoms with Gasteiger partial charge in [-0.15, -0.1) is 0 Å². The maximum Gasteiger partial charge on any atom is 0.243 e. The minimum atomic E-state index is -3.78. The fourth-order valence-electron chi connectivity index (χ4n) is 1.23. The molecule has 0 aliphatic carbocycles. The van der Waals surface area contributed by atoms with E-state index in [1.165, 1.54) is 12.1 Å². The Balaban J connectivity index is 2.79. The van der Waals surface area contributed by atoms with Crippen LogP contribution in [0.3, 0.4) is 0 Å². The molecule has 0 aliphatic heterocycles. The van der Waals surface area contributed by atoms with Crippen LogP contribution in [0.15, 0.2) is 27.6 Å². The average molecular weight is 325 g/mol. The molecule has 7 heteroatoms. The number of hydrogen-bond acceptors (Lipinski definition) is 3. The van der Waals surface area contributed by atoms with Crippen LogP contribution in [0.5, 0.6) is 0 Å². The summed E-state index contributed by atoms with van der Waals surface area (Å²) in [7, 11) is -2.00. The van der Waals surface area contributed by atoms with Crippen molar-refractivity contribution in [2.45, 2.75) is 11.3 Å². The summed E-state index contributed by atoms with van der Waals surface area (Å²) < 4.78 is 39.8. The highest BCUT2D eigenvalue weighted by Crippen LogP contribution is 2.19. The molecule has 4 nitrogen and oxygen atoms in total. The molecule has 0 atom stereocenters. The van der Waals surface area contributed by atoms with Crippen molar-refractivity contribution < 1.29 is 12.8 Å². The standard InChI is InChI=1S/C10H14BrFN2O2S/c1-13-5-2-6-14-17(15,16)10-7-8(11)3-4-9(10)12/h3-4,7,13-14H,2,5-6H2,1H3. The molecule has 96 valence electrons. The maximum absolute atomic E-state index is 13.4. The minimum absolute atomic E-state index is 0.273. The van der Waals surface area contributed by atoms with Gasteiger partial charge in [0.05, 0.1) is 0 Å². The molecule has 0 aliphatic rings. The van der Waals surface area contributed by atoms with E-state index in [9.17, 15) is 12.8 Å². The SMILES string of the molecule is CNCCCNS(=O)(=O)c1cc(Br)ccc1F. The third-order valence-corrected chi connectivity index (χ3v) is 4.05. The molecule has 1 aromatic rings. The van der Waals surface area contributed by atoms with E-state index in [1.807, 2.05) is 0 Å². The van der Waals surface area contributed by atoms with Crippen molar-refractivity contribution in [2.75, 3.05) is 20.1 Å². The number of hydrogen-bond donors (Lipinski definition) is 2. The molecule has 0 fully saturated rings. The van der Waals surface area contributed by atoms with Gasteiger partial charge in [-0.05, 0) is 38.2 Å². The van der Waals surface area contributed by atoms with Crippen molar-refractivity contribution >= 4 is 26.0 Å². The van der Waals surface area contributed by atoms with Gasteiger partial charge in [-0.1, -0.05) is 15.9 Å². The van der Waals surface area contributed by atoms with E-state index in [4.69, 9.17) is 0 Å². The highest BCUT2D eigenvalue weighted by atomic mass is 79.9. The molecule has 0 heterocycles. The Morgan fingerprint density at radius 2 is 2.06 bits per heavy atom. The van der Waals surface area contributed by atoms with Gasteiger partial charge >= 0.3 is 0 Å². The van der Waals surface area contributed by atoms with Crippen LogP contribution in [0, 0.1) is 5.82 Å². The summed E-state index contributed by atoms with van der Waals surface area (Å²) in [4.78, 5) is -0.337. The molecule has 0 unspecified atom stereocenters. The summed E-state index contributed by atoms with van der Waals surface area (Å²) in [6, 6.07) is 3.82. The van der Waals surface area contributed by atoms with Gasteiger partial charge in [0, 0.05) is 11.0 Å². The quantitative estimate of drug-likeness (QED) is 0.779. The smallest absolute Gasteiger partial charge is 0.243 e. The van der Waals surface area contributed by atoms with Crippen LogP contribution >= 0.6 is 15.9 Å². The monoisotopic (exact) mass is 324 g/mol. The van der Waals surface area contributed by atoms with Gasteiger partial charge in [0.15, 0.2) is 0 Å². The van der Waals surface area contributed by atoms with Crippen LogP contribution in [0.4, 0.5) is 4.39 Å². The third-order valence-electron chi connectivity index (χ3n) is 2.08. The van der Waals surface area contributed by atoms with Crippen LogP contribution in [0.1, 0.15) is 6.42 Å². The highest BCUT2D eigenvalue weighted by Gasteiger charge is 2.18. The van der Waals surface area contributed by atoms with Gasteiger partial charge in [-0.3, -0.25) is 0 Å². The number of benzene rings is 1. The zero-order chi connectivity index (χ0) is 12.9. The zero-order valence-corrected chi connectivity index (χ0v) is 11.7. The van der Waals surface area contributed by atoms with E-state index < -0.39 is 15.8 Å². The maximum atomic E-state index is 13.4. The first-order valence-corrected chi connectivity index (χ1v) is 7.34. The second kappa shape index (κ2) is 6.44. The van der Waals surface area contributed by atoms with E-state index in [1.54, 1.807) is 7.05 Å². The van der Waals surface area contributed by atoms with E-state index in [0.29, 0.717) is 17.4 Å². The molecule has 0 bridgehead atoms. The van der Waals surface area contributed by atoms with Crippen molar-refractivity contribution in [3.05, 3.63) is 28.5 Å². The van der Waals surface area contributed by atoms with Gasteiger partial charge in [0.25, 0.3) is 0 Å². The number of halogens is 2. The summed E-state index contributed by atoms with van der Waals surface area (Å²) in [5.74, 6) is -0.755. The molecule has 0 spiro atoms. The van der Waals surface area contributed by atoms with Crippen LogP contribution in [0.25, 0.3) is 0 Å². The summed E-state index contributed by atoms with van der Waals surface area (Å²) in [6.07, 6.45) is 0.644. The molecule has 1 rings (SSSR count). The van der Waals surface area contributed by atoms with Crippen LogP contribution < -0.4 is 10.0 Å². The van der Waals surface area contributed by atoms with Gasteiger partial charge in [0.1, 0.15) is 10.7 Å². The number of rotatable bonds is 6. The molecular weight excluding hydrogens is 311 g/mol. The Morgan fingerprint density at radius 3 is 2.71 bits per heavy atom. The molecule has 0 radical (unpaired) electrons. The molecule has 2 N–H and O–H groups in total. The molecular formula is C10H14BrFN2O2S. The topological polar surface area (TPSA) is 58.2 Å².